The Morgan fingerprint density at radius 2 is 1.80 bits per heavy atom. The minimum Gasteiger partial charge on any atom is -0.496 e. The van der Waals surface area contributed by atoms with Crippen molar-refractivity contribution in [1.82, 2.24) is 5.32 Å². The summed E-state index contributed by atoms with van der Waals surface area (Å²) in [6.07, 6.45) is 0. The molecule has 0 heterocycles. The number of rotatable bonds is 5. The molecule has 0 aliphatic carbocycles. The van der Waals surface area contributed by atoms with Gasteiger partial charge in [-0.05, 0) is 36.4 Å². The Kier molecular flexibility index (Phi) is 4.93. The van der Waals surface area contributed by atoms with Crippen LogP contribution in [0.25, 0.3) is 0 Å². The summed E-state index contributed by atoms with van der Waals surface area (Å²) in [6.45, 7) is 0.666. The molecule has 2 nitrogen and oxygen atoms in total. The molecular weight excluding hydrogens is 284 g/mol. The van der Waals surface area contributed by atoms with E-state index >= 15 is 0 Å². The topological polar surface area (TPSA) is 21.3 Å². The summed E-state index contributed by atoms with van der Waals surface area (Å²) in [4.78, 5) is 0. The molecule has 0 aliphatic heterocycles. The molecule has 106 valence electrons. The van der Waals surface area contributed by atoms with Crippen molar-refractivity contribution in [2.24, 2.45) is 0 Å². The highest BCUT2D eigenvalue weighted by Gasteiger charge is 2.06. The van der Waals surface area contributed by atoms with Crippen LogP contribution in [0.15, 0.2) is 36.4 Å². The van der Waals surface area contributed by atoms with Crippen LogP contribution in [0.2, 0.25) is 5.02 Å². The highest BCUT2D eigenvalue weighted by Crippen LogP contribution is 2.22. The van der Waals surface area contributed by atoms with Crippen LogP contribution >= 0.6 is 11.6 Å². The average Bonchev–Trinajstić information content (AvgIpc) is 2.43. The Bertz CT molecular complexity index is 604. The largest absolute Gasteiger partial charge is 0.496 e. The van der Waals surface area contributed by atoms with Gasteiger partial charge in [-0.1, -0.05) is 11.6 Å². The average molecular weight is 298 g/mol. The maximum Gasteiger partial charge on any atom is 0.127 e. The first-order valence-electron chi connectivity index (χ1n) is 6.07. The summed E-state index contributed by atoms with van der Waals surface area (Å²) in [5, 5.41) is 3.64. The standard InChI is InChI=1S/C15H14ClF2NO/c1-20-15-5-2-12(16)6-11(15)9-19-8-10-7-13(17)3-4-14(10)18/h2-7,19H,8-9H2,1H3. The van der Waals surface area contributed by atoms with E-state index < -0.39 is 11.6 Å². The molecular formula is C15H14ClF2NO. The first kappa shape index (κ1) is 14.8. The smallest absolute Gasteiger partial charge is 0.127 e. The molecule has 0 aliphatic rings. The normalized spacial score (nSPS) is 10.6. The third-order valence-corrected chi connectivity index (χ3v) is 3.12. The van der Waals surface area contributed by atoms with Gasteiger partial charge in [-0.3, -0.25) is 0 Å². The van der Waals surface area contributed by atoms with Crippen LogP contribution < -0.4 is 10.1 Å². The van der Waals surface area contributed by atoms with E-state index in [-0.39, 0.29) is 12.1 Å². The van der Waals surface area contributed by atoms with E-state index in [1.165, 1.54) is 6.07 Å². The quantitative estimate of drug-likeness (QED) is 0.903. The van der Waals surface area contributed by atoms with Gasteiger partial charge in [0.1, 0.15) is 17.4 Å². The second kappa shape index (κ2) is 6.68. The number of methoxy groups -OCH3 is 1. The van der Waals surface area contributed by atoms with Crippen molar-refractivity contribution >= 4 is 11.6 Å². The molecule has 0 saturated carbocycles. The molecule has 20 heavy (non-hydrogen) atoms. The predicted octanol–water partition coefficient (Wildman–Crippen LogP) is 3.92. The molecule has 0 radical (unpaired) electrons. The molecule has 0 aromatic heterocycles. The fraction of sp³-hybridized carbons (Fsp3) is 0.200. The van der Waals surface area contributed by atoms with Crippen molar-refractivity contribution < 1.29 is 13.5 Å². The van der Waals surface area contributed by atoms with Crippen LogP contribution in [-0.4, -0.2) is 7.11 Å². The lowest BCUT2D eigenvalue weighted by molar-refractivity contribution is 0.407. The Balaban J connectivity index is 2.02. The van der Waals surface area contributed by atoms with Crippen molar-refractivity contribution in [1.29, 1.82) is 0 Å². The molecule has 1 N–H and O–H groups in total. The highest BCUT2D eigenvalue weighted by molar-refractivity contribution is 6.30. The molecule has 0 spiro atoms. The number of ether oxygens (including phenoxy) is 1. The molecule has 2 aromatic rings. The van der Waals surface area contributed by atoms with Gasteiger partial charge in [0.2, 0.25) is 0 Å². The van der Waals surface area contributed by atoms with Gasteiger partial charge in [-0.2, -0.15) is 0 Å². The second-order valence-electron chi connectivity index (χ2n) is 4.30. The number of halogens is 3. The first-order chi connectivity index (χ1) is 9.60. The fourth-order valence-electron chi connectivity index (χ4n) is 1.90. The molecule has 0 amide bonds. The van der Waals surface area contributed by atoms with E-state index in [2.05, 4.69) is 5.32 Å². The Hall–Kier alpha value is -1.65. The second-order valence-corrected chi connectivity index (χ2v) is 4.73. The minimum absolute atomic E-state index is 0.221. The van der Waals surface area contributed by atoms with Crippen molar-refractivity contribution in [3.63, 3.8) is 0 Å². The molecule has 0 atom stereocenters. The van der Waals surface area contributed by atoms with E-state index in [0.717, 1.165) is 17.7 Å². The summed E-state index contributed by atoms with van der Waals surface area (Å²) in [6, 6.07) is 8.66. The van der Waals surface area contributed by atoms with E-state index in [1.54, 1.807) is 25.3 Å². The number of hydrogen-bond donors (Lipinski definition) is 1. The van der Waals surface area contributed by atoms with Gasteiger partial charge in [-0.25, -0.2) is 8.78 Å². The van der Waals surface area contributed by atoms with Gasteiger partial charge < -0.3 is 10.1 Å². The van der Waals surface area contributed by atoms with E-state index in [9.17, 15) is 8.78 Å². The Morgan fingerprint density at radius 1 is 1.05 bits per heavy atom. The third kappa shape index (κ3) is 3.68. The van der Waals surface area contributed by atoms with Crippen molar-refractivity contribution in [2.75, 3.05) is 7.11 Å². The molecule has 0 fully saturated rings. The number of nitrogens with one attached hydrogen (secondary N) is 1. The summed E-state index contributed by atoms with van der Waals surface area (Å²) in [5.74, 6) is -0.192. The van der Waals surface area contributed by atoms with Gasteiger partial charge in [0, 0.05) is 29.2 Å². The summed E-state index contributed by atoms with van der Waals surface area (Å²) in [5.41, 5.74) is 1.14. The van der Waals surface area contributed by atoms with Gasteiger partial charge >= 0.3 is 0 Å². The van der Waals surface area contributed by atoms with Crippen LogP contribution in [0.4, 0.5) is 8.78 Å². The van der Waals surface area contributed by atoms with Crippen LogP contribution in [0.5, 0.6) is 5.75 Å². The maximum absolute atomic E-state index is 13.5. The summed E-state index contributed by atoms with van der Waals surface area (Å²) >= 11 is 5.92. The van der Waals surface area contributed by atoms with E-state index in [0.29, 0.717) is 17.3 Å². The van der Waals surface area contributed by atoms with Crippen molar-refractivity contribution in [3.05, 3.63) is 64.2 Å². The zero-order valence-electron chi connectivity index (χ0n) is 10.9. The lowest BCUT2D eigenvalue weighted by Gasteiger charge is -2.10. The van der Waals surface area contributed by atoms with Crippen LogP contribution in [0.1, 0.15) is 11.1 Å². The lowest BCUT2D eigenvalue weighted by Crippen LogP contribution is -2.14. The monoisotopic (exact) mass is 297 g/mol. The van der Waals surface area contributed by atoms with Gasteiger partial charge in [-0.15, -0.1) is 0 Å². The summed E-state index contributed by atoms with van der Waals surface area (Å²) < 4.78 is 31.7. The molecule has 2 rings (SSSR count). The molecule has 0 saturated heterocycles. The summed E-state index contributed by atoms with van der Waals surface area (Å²) in [7, 11) is 1.57. The number of hydrogen-bond acceptors (Lipinski definition) is 2. The van der Waals surface area contributed by atoms with Crippen molar-refractivity contribution in [2.45, 2.75) is 13.1 Å². The molecule has 5 heteroatoms. The van der Waals surface area contributed by atoms with E-state index in [1.807, 2.05) is 0 Å². The van der Waals surface area contributed by atoms with Crippen molar-refractivity contribution in [3.8, 4) is 5.75 Å². The fourth-order valence-corrected chi connectivity index (χ4v) is 2.09. The van der Waals surface area contributed by atoms with Gasteiger partial charge in [0.05, 0.1) is 7.11 Å². The highest BCUT2D eigenvalue weighted by atomic mass is 35.5. The molecule has 2 aromatic carbocycles. The minimum atomic E-state index is -0.455. The van der Waals surface area contributed by atoms with Gasteiger partial charge in [0.15, 0.2) is 0 Å². The van der Waals surface area contributed by atoms with Crippen LogP contribution in [-0.2, 0) is 13.1 Å². The zero-order chi connectivity index (χ0) is 14.5. The number of benzene rings is 2. The Labute approximate surface area is 121 Å². The van der Waals surface area contributed by atoms with Crippen LogP contribution in [0.3, 0.4) is 0 Å². The lowest BCUT2D eigenvalue weighted by atomic mass is 10.1. The maximum atomic E-state index is 13.5. The molecule has 0 bridgehead atoms. The zero-order valence-corrected chi connectivity index (χ0v) is 11.7. The van der Waals surface area contributed by atoms with Crippen LogP contribution in [0, 0.1) is 11.6 Å². The van der Waals surface area contributed by atoms with Gasteiger partial charge in [0.25, 0.3) is 0 Å². The Morgan fingerprint density at radius 3 is 2.55 bits per heavy atom. The van der Waals surface area contributed by atoms with E-state index in [4.69, 9.17) is 16.3 Å². The SMILES string of the molecule is COc1ccc(Cl)cc1CNCc1cc(F)ccc1F. The third-order valence-electron chi connectivity index (χ3n) is 2.88. The first-order valence-corrected chi connectivity index (χ1v) is 6.45. The molecule has 0 unspecified atom stereocenters. The predicted molar refractivity (Wildman–Crippen MR) is 74.9 cm³/mol.